The lowest BCUT2D eigenvalue weighted by Crippen LogP contribution is -2.27. The van der Waals surface area contributed by atoms with Crippen LogP contribution >= 0.6 is 0 Å². The van der Waals surface area contributed by atoms with Crippen molar-refractivity contribution in [2.75, 3.05) is 13.7 Å². The van der Waals surface area contributed by atoms with Gasteiger partial charge in [-0.05, 0) is 47.5 Å². The van der Waals surface area contributed by atoms with Crippen molar-refractivity contribution < 1.29 is 19.0 Å². The van der Waals surface area contributed by atoms with Crippen LogP contribution in [0.3, 0.4) is 0 Å². The van der Waals surface area contributed by atoms with Crippen LogP contribution < -0.4 is 15.2 Å². The summed E-state index contributed by atoms with van der Waals surface area (Å²) in [6.45, 7) is 2.03. The van der Waals surface area contributed by atoms with Gasteiger partial charge < -0.3 is 19.9 Å². The Balaban J connectivity index is 1.93. The van der Waals surface area contributed by atoms with Crippen LogP contribution in [0, 0.1) is 0 Å². The van der Waals surface area contributed by atoms with Gasteiger partial charge in [0, 0.05) is 5.56 Å². The molecule has 0 radical (unpaired) electrons. The molecule has 4 rings (SSSR count). The number of carbonyl (C=O) groups excluding carboxylic acids is 1. The van der Waals surface area contributed by atoms with Crippen molar-refractivity contribution in [3.05, 3.63) is 83.2 Å². The van der Waals surface area contributed by atoms with E-state index in [9.17, 15) is 4.79 Å². The standard InChI is InChI=1S/C23H21NO4/c1-3-27-23(25)21-20(14-8-10-17(26-2)11-9-14)18-12-15-6-4-5-7-16(15)13-19(18)28-22(21)24/h4-13,20H,3,24H2,1-2H3. The summed E-state index contributed by atoms with van der Waals surface area (Å²) in [5, 5.41) is 2.11. The van der Waals surface area contributed by atoms with Crippen LogP contribution in [-0.2, 0) is 9.53 Å². The summed E-state index contributed by atoms with van der Waals surface area (Å²) in [5.41, 5.74) is 8.28. The minimum absolute atomic E-state index is 0.0713. The van der Waals surface area contributed by atoms with E-state index in [1.54, 1.807) is 14.0 Å². The predicted octanol–water partition coefficient (Wildman–Crippen LogP) is 4.11. The number of rotatable bonds is 4. The number of methoxy groups -OCH3 is 1. The van der Waals surface area contributed by atoms with Gasteiger partial charge in [0.05, 0.1) is 19.6 Å². The fraction of sp³-hybridized carbons (Fsp3) is 0.174. The van der Waals surface area contributed by atoms with Gasteiger partial charge in [0.2, 0.25) is 5.88 Å². The maximum absolute atomic E-state index is 12.7. The average molecular weight is 375 g/mol. The lowest BCUT2D eigenvalue weighted by molar-refractivity contribution is -0.139. The van der Waals surface area contributed by atoms with E-state index in [4.69, 9.17) is 19.9 Å². The topological polar surface area (TPSA) is 70.8 Å². The molecule has 0 amide bonds. The Kier molecular flexibility index (Phi) is 4.65. The van der Waals surface area contributed by atoms with Crippen LogP contribution in [0.25, 0.3) is 10.8 Å². The van der Waals surface area contributed by atoms with Crippen LogP contribution in [0.4, 0.5) is 0 Å². The van der Waals surface area contributed by atoms with E-state index < -0.39 is 11.9 Å². The van der Waals surface area contributed by atoms with Crippen LogP contribution in [-0.4, -0.2) is 19.7 Å². The summed E-state index contributed by atoms with van der Waals surface area (Å²) < 4.78 is 16.4. The van der Waals surface area contributed by atoms with E-state index in [0.717, 1.165) is 27.6 Å². The first-order chi connectivity index (χ1) is 13.6. The number of ether oxygens (including phenoxy) is 3. The number of esters is 1. The van der Waals surface area contributed by atoms with Crippen LogP contribution in [0.5, 0.6) is 11.5 Å². The molecular weight excluding hydrogens is 354 g/mol. The number of hydrogen-bond acceptors (Lipinski definition) is 5. The molecule has 3 aromatic rings. The van der Waals surface area contributed by atoms with Gasteiger partial charge in [0.25, 0.3) is 0 Å². The van der Waals surface area contributed by atoms with Crippen LogP contribution in [0.15, 0.2) is 72.1 Å². The fourth-order valence-electron chi connectivity index (χ4n) is 3.59. The number of benzene rings is 3. The third-order valence-electron chi connectivity index (χ3n) is 4.91. The lowest BCUT2D eigenvalue weighted by atomic mass is 9.82. The molecule has 0 saturated carbocycles. The second-order valence-electron chi connectivity index (χ2n) is 6.54. The highest BCUT2D eigenvalue weighted by atomic mass is 16.5. The monoisotopic (exact) mass is 375 g/mol. The molecule has 1 aliphatic rings. The van der Waals surface area contributed by atoms with Crippen molar-refractivity contribution in [3.8, 4) is 11.5 Å². The summed E-state index contributed by atoms with van der Waals surface area (Å²) in [7, 11) is 1.62. The van der Waals surface area contributed by atoms with Crippen molar-refractivity contribution in [1.29, 1.82) is 0 Å². The second-order valence-corrected chi connectivity index (χ2v) is 6.54. The molecule has 0 aromatic heterocycles. The smallest absolute Gasteiger partial charge is 0.340 e. The van der Waals surface area contributed by atoms with Crippen molar-refractivity contribution >= 4 is 16.7 Å². The molecule has 5 nitrogen and oxygen atoms in total. The zero-order chi connectivity index (χ0) is 19.7. The summed E-state index contributed by atoms with van der Waals surface area (Å²) >= 11 is 0. The SMILES string of the molecule is CCOC(=O)C1=C(N)Oc2cc3ccccc3cc2C1c1ccc(OC)cc1. The van der Waals surface area contributed by atoms with Gasteiger partial charge in [-0.1, -0.05) is 36.4 Å². The van der Waals surface area contributed by atoms with Crippen LogP contribution in [0.2, 0.25) is 0 Å². The summed E-state index contributed by atoms with van der Waals surface area (Å²) in [6, 6.07) is 19.6. The summed E-state index contributed by atoms with van der Waals surface area (Å²) in [6.07, 6.45) is 0. The molecule has 1 atom stereocenters. The molecule has 142 valence electrons. The molecule has 3 aromatic carbocycles. The Morgan fingerprint density at radius 3 is 2.39 bits per heavy atom. The zero-order valence-corrected chi connectivity index (χ0v) is 15.8. The molecule has 5 heteroatoms. The van der Waals surface area contributed by atoms with E-state index in [1.165, 1.54) is 0 Å². The van der Waals surface area contributed by atoms with Gasteiger partial charge in [-0.25, -0.2) is 4.79 Å². The summed E-state index contributed by atoms with van der Waals surface area (Å²) in [5.74, 6) is 0.592. The van der Waals surface area contributed by atoms with Crippen molar-refractivity contribution in [2.24, 2.45) is 5.73 Å². The maximum Gasteiger partial charge on any atom is 0.340 e. The van der Waals surface area contributed by atoms with Gasteiger partial charge in [-0.2, -0.15) is 0 Å². The number of fused-ring (bicyclic) bond motifs is 2. The Bertz CT molecular complexity index is 1070. The molecule has 28 heavy (non-hydrogen) atoms. The normalized spacial score (nSPS) is 15.7. The van der Waals surface area contributed by atoms with Gasteiger partial charge in [0.1, 0.15) is 17.1 Å². The molecule has 0 spiro atoms. The van der Waals surface area contributed by atoms with Gasteiger partial charge in [-0.15, -0.1) is 0 Å². The molecule has 1 unspecified atom stereocenters. The number of carbonyl (C=O) groups is 1. The molecular formula is C23H21NO4. The van der Waals surface area contributed by atoms with Gasteiger partial charge >= 0.3 is 5.97 Å². The molecule has 0 fully saturated rings. The third-order valence-corrected chi connectivity index (χ3v) is 4.91. The zero-order valence-electron chi connectivity index (χ0n) is 15.8. The Labute approximate surface area is 163 Å². The number of hydrogen-bond donors (Lipinski definition) is 1. The molecule has 0 saturated heterocycles. The molecule has 1 aliphatic heterocycles. The molecule has 0 bridgehead atoms. The first-order valence-electron chi connectivity index (χ1n) is 9.13. The van der Waals surface area contributed by atoms with E-state index in [0.29, 0.717) is 11.3 Å². The van der Waals surface area contributed by atoms with E-state index in [1.807, 2.05) is 60.7 Å². The largest absolute Gasteiger partial charge is 0.497 e. The predicted molar refractivity (Wildman–Crippen MR) is 107 cm³/mol. The maximum atomic E-state index is 12.7. The highest BCUT2D eigenvalue weighted by Gasteiger charge is 2.35. The minimum Gasteiger partial charge on any atom is -0.497 e. The fourth-order valence-corrected chi connectivity index (χ4v) is 3.59. The molecule has 0 aliphatic carbocycles. The minimum atomic E-state index is -0.473. The second kappa shape index (κ2) is 7.27. The lowest BCUT2D eigenvalue weighted by Gasteiger charge is -2.29. The van der Waals surface area contributed by atoms with Gasteiger partial charge in [-0.3, -0.25) is 0 Å². The summed E-state index contributed by atoms with van der Waals surface area (Å²) in [4.78, 5) is 12.7. The first kappa shape index (κ1) is 17.9. The highest BCUT2D eigenvalue weighted by Crippen LogP contribution is 2.44. The quantitative estimate of drug-likeness (QED) is 0.695. The first-order valence-corrected chi connectivity index (χ1v) is 9.13. The van der Waals surface area contributed by atoms with E-state index in [-0.39, 0.29) is 12.5 Å². The average Bonchev–Trinajstić information content (AvgIpc) is 2.71. The Hall–Kier alpha value is -3.47. The van der Waals surface area contributed by atoms with Crippen LogP contribution in [0.1, 0.15) is 24.0 Å². The van der Waals surface area contributed by atoms with Gasteiger partial charge in [0.15, 0.2) is 0 Å². The molecule has 1 heterocycles. The van der Waals surface area contributed by atoms with Crippen molar-refractivity contribution in [3.63, 3.8) is 0 Å². The van der Waals surface area contributed by atoms with Crippen molar-refractivity contribution in [1.82, 2.24) is 0 Å². The third kappa shape index (κ3) is 3.05. The Morgan fingerprint density at radius 1 is 1.07 bits per heavy atom. The van der Waals surface area contributed by atoms with E-state index >= 15 is 0 Å². The highest BCUT2D eigenvalue weighted by molar-refractivity contribution is 5.94. The van der Waals surface area contributed by atoms with Crippen molar-refractivity contribution in [2.45, 2.75) is 12.8 Å². The van der Waals surface area contributed by atoms with E-state index in [2.05, 4.69) is 0 Å². The number of nitrogens with two attached hydrogens (primary N) is 1. The molecule has 2 N–H and O–H groups in total. The Morgan fingerprint density at radius 2 is 1.75 bits per heavy atom.